The first-order valence-electron chi connectivity index (χ1n) is 15.2. The molecule has 0 aliphatic rings. The lowest BCUT2D eigenvalue weighted by molar-refractivity contribution is -0.115. The monoisotopic (exact) mass is 675 g/mol. The van der Waals surface area contributed by atoms with Crippen LogP contribution in [0, 0.1) is 6.92 Å². The number of carbonyl (C=O) groups is 3. The molecule has 0 aliphatic heterocycles. The van der Waals surface area contributed by atoms with Gasteiger partial charge in [-0.05, 0) is 91.2 Å². The third-order valence-electron chi connectivity index (χ3n) is 7.18. The first-order chi connectivity index (χ1) is 23.2. The van der Waals surface area contributed by atoms with Crippen molar-refractivity contribution in [3.63, 3.8) is 0 Å². The number of halogens is 1. The molecule has 1 atom stereocenters. The van der Waals surface area contributed by atoms with Gasteiger partial charge < -0.3 is 20.7 Å². The molecular formula is C39H34ClN3O4S. The van der Waals surface area contributed by atoms with Gasteiger partial charge in [0.2, 0.25) is 5.91 Å². The molecule has 48 heavy (non-hydrogen) atoms. The van der Waals surface area contributed by atoms with Gasteiger partial charge in [-0.3, -0.25) is 14.4 Å². The molecule has 0 aliphatic carbocycles. The first kappa shape index (κ1) is 34.0. The van der Waals surface area contributed by atoms with Crippen LogP contribution in [0.1, 0.15) is 34.0 Å². The Morgan fingerprint density at radius 2 is 1.48 bits per heavy atom. The van der Waals surface area contributed by atoms with Crippen LogP contribution in [0.3, 0.4) is 0 Å². The van der Waals surface area contributed by atoms with Crippen molar-refractivity contribution < 1.29 is 19.1 Å². The molecule has 0 bridgehead atoms. The molecule has 1 unspecified atom stereocenters. The first-order valence-corrected chi connectivity index (χ1v) is 16.5. The van der Waals surface area contributed by atoms with Crippen molar-refractivity contribution in [2.24, 2.45) is 0 Å². The van der Waals surface area contributed by atoms with Crippen molar-refractivity contribution in [1.29, 1.82) is 0 Å². The molecule has 5 aromatic carbocycles. The van der Waals surface area contributed by atoms with Crippen LogP contribution in [0.5, 0.6) is 5.75 Å². The summed E-state index contributed by atoms with van der Waals surface area (Å²) in [4.78, 5) is 40.3. The van der Waals surface area contributed by atoms with Crippen LogP contribution in [-0.4, -0.2) is 23.0 Å². The van der Waals surface area contributed by atoms with E-state index in [0.717, 1.165) is 16.0 Å². The number of ether oxygens (including phenoxy) is 1. The van der Waals surface area contributed by atoms with Gasteiger partial charge in [0.25, 0.3) is 11.8 Å². The van der Waals surface area contributed by atoms with Crippen LogP contribution in [0.4, 0.5) is 11.4 Å². The Balaban J connectivity index is 1.28. The molecular weight excluding hydrogens is 642 g/mol. The van der Waals surface area contributed by atoms with Crippen molar-refractivity contribution in [1.82, 2.24) is 5.32 Å². The van der Waals surface area contributed by atoms with Crippen LogP contribution in [0.2, 0.25) is 5.02 Å². The number of aryl methyl sites for hydroxylation is 1. The number of carbonyl (C=O) groups excluding carboxylic acids is 3. The fourth-order valence-electron chi connectivity index (χ4n) is 4.53. The molecule has 0 heterocycles. The number of benzene rings is 5. The molecule has 5 aromatic rings. The molecule has 0 saturated heterocycles. The van der Waals surface area contributed by atoms with Crippen molar-refractivity contribution >= 4 is 58.5 Å². The highest BCUT2D eigenvalue weighted by molar-refractivity contribution is 8.00. The average molecular weight is 676 g/mol. The predicted octanol–water partition coefficient (Wildman–Crippen LogP) is 8.76. The third kappa shape index (κ3) is 9.84. The highest BCUT2D eigenvalue weighted by Gasteiger charge is 2.18. The Morgan fingerprint density at radius 3 is 2.19 bits per heavy atom. The SMILES string of the molecule is Cc1ccc(NC(=O)C(C)Sc2cccc(NC(=O)/C(=C\c3ccc(OCc4ccccc4)cc3)NC(=O)c3ccccc3)c2)cc1Cl. The van der Waals surface area contributed by atoms with Gasteiger partial charge in [-0.25, -0.2) is 0 Å². The summed E-state index contributed by atoms with van der Waals surface area (Å²) in [6.45, 7) is 4.13. The van der Waals surface area contributed by atoms with Crippen molar-refractivity contribution in [2.75, 3.05) is 10.6 Å². The van der Waals surface area contributed by atoms with Crippen molar-refractivity contribution in [3.8, 4) is 5.75 Å². The van der Waals surface area contributed by atoms with E-state index in [2.05, 4.69) is 16.0 Å². The minimum Gasteiger partial charge on any atom is -0.489 e. The molecule has 7 nitrogen and oxygen atoms in total. The summed E-state index contributed by atoms with van der Waals surface area (Å²) >= 11 is 7.56. The Morgan fingerprint density at radius 1 is 0.792 bits per heavy atom. The summed E-state index contributed by atoms with van der Waals surface area (Å²) in [6, 6.07) is 38.4. The van der Waals surface area contributed by atoms with Crippen LogP contribution in [-0.2, 0) is 16.2 Å². The lowest BCUT2D eigenvalue weighted by atomic mass is 10.1. The summed E-state index contributed by atoms with van der Waals surface area (Å²) in [7, 11) is 0. The van der Waals surface area contributed by atoms with Gasteiger partial charge in [-0.2, -0.15) is 0 Å². The number of thioether (sulfide) groups is 1. The second-order valence-corrected chi connectivity index (χ2v) is 12.7. The summed E-state index contributed by atoms with van der Waals surface area (Å²) in [5.74, 6) is -0.429. The second kappa shape index (κ2) is 16.5. The molecule has 242 valence electrons. The fourth-order valence-corrected chi connectivity index (χ4v) is 5.63. The number of nitrogens with one attached hydrogen (secondary N) is 3. The Labute approximate surface area is 289 Å². The minimum atomic E-state index is -0.507. The molecule has 3 N–H and O–H groups in total. The normalized spacial score (nSPS) is 11.7. The third-order valence-corrected chi connectivity index (χ3v) is 8.68. The van der Waals surface area contributed by atoms with E-state index in [1.165, 1.54) is 11.8 Å². The Bertz CT molecular complexity index is 1920. The van der Waals surface area contributed by atoms with Crippen LogP contribution >= 0.6 is 23.4 Å². The predicted molar refractivity (Wildman–Crippen MR) is 194 cm³/mol. The van der Waals surface area contributed by atoms with E-state index >= 15 is 0 Å². The van der Waals surface area contributed by atoms with Gasteiger partial charge in [-0.15, -0.1) is 11.8 Å². The summed E-state index contributed by atoms with van der Waals surface area (Å²) in [5, 5.41) is 8.69. The molecule has 0 aromatic heterocycles. The summed E-state index contributed by atoms with van der Waals surface area (Å²) in [5.41, 5.74) is 4.28. The highest BCUT2D eigenvalue weighted by atomic mass is 35.5. The van der Waals surface area contributed by atoms with Gasteiger partial charge >= 0.3 is 0 Å². The molecule has 3 amide bonds. The summed E-state index contributed by atoms with van der Waals surface area (Å²) < 4.78 is 5.89. The number of hydrogen-bond donors (Lipinski definition) is 3. The number of rotatable bonds is 12. The number of hydrogen-bond acceptors (Lipinski definition) is 5. The Kier molecular flexibility index (Phi) is 11.7. The van der Waals surface area contributed by atoms with Gasteiger partial charge in [0.1, 0.15) is 18.1 Å². The molecule has 0 spiro atoms. The molecule has 0 fully saturated rings. The minimum absolute atomic E-state index is 0.0596. The standard InChI is InChI=1S/C39H34ClN3O4S/c1-26-16-19-32(24-35(26)40)41-37(44)27(2)48-34-15-9-14-31(23-34)42-39(46)36(43-38(45)30-12-7-4-8-13-30)22-28-17-20-33(21-18-28)47-25-29-10-5-3-6-11-29/h3-24,27H,25H2,1-2H3,(H,41,44)(H,42,46)(H,43,45)/b36-22+. The van der Waals surface area contributed by atoms with Crippen molar-refractivity contribution in [3.05, 3.63) is 160 Å². The van der Waals surface area contributed by atoms with E-state index in [-0.39, 0.29) is 11.6 Å². The van der Waals surface area contributed by atoms with E-state index in [9.17, 15) is 14.4 Å². The van der Waals surface area contributed by atoms with Crippen LogP contribution in [0.15, 0.2) is 138 Å². The van der Waals surface area contributed by atoms with E-state index < -0.39 is 17.1 Å². The maximum Gasteiger partial charge on any atom is 0.272 e. The lowest BCUT2D eigenvalue weighted by Crippen LogP contribution is -2.30. The zero-order valence-corrected chi connectivity index (χ0v) is 28.0. The maximum absolute atomic E-state index is 13.6. The average Bonchev–Trinajstić information content (AvgIpc) is 3.10. The van der Waals surface area contributed by atoms with E-state index in [1.807, 2.05) is 85.8 Å². The largest absolute Gasteiger partial charge is 0.489 e. The van der Waals surface area contributed by atoms with E-state index in [4.69, 9.17) is 16.3 Å². The van der Waals surface area contributed by atoms with E-state index in [0.29, 0.717) is 39.9 Å². The zero-order chi connectivity index (χ0) is 33.9. The topological polar surface area (TPSA) is 96.5 Å². The zero-order valence-electron chi connectivity index (χ0n) is 26.4. The lowest BCUT2D eigenvalue weighted by Gasteiger charge is -2.14. The van der Waals surface area contributed by atoms with Gasteiger partial charge in [-0.1, -0.05) is 84.4 Å². The van der Waals surface area contributed by atoms with Crippen molar-refractivity contribution in [2.45, 2.75) is 30.6 Å². The summed E-state index contributed by atoms with van der Waals surface area (Å²) in [6.07, 6.45) is 1.61. The van der Waals surface area contributed by atoms with Crippen LogP contribution in [0.25, 0.3) is 6.08 Å². The van der Waals surface area contributed by atoms with Gasteiger partial charge in [0.15, 0.2) is 0 Å². The molecule has 9 heteroatoms. The fraction of sp³-hybridized carbons (Fsp3) is 0.103. The van der Waals surface area contributed by atoms with Crippen LogP contribution < -0.4 is 20.7 Å². The van der Waals surface area contributed by atoms with E-state index in [1.54, 1.807) is 61.5 Å². The number of anilines is 2. The second-order valence-electron chi connectivity index (χ2n) is 10.9. The highest BCUT2D eigenvalue weighted by Crippen LogP contribution is 2.28. The molecule has 5 rings (SSSR count). The van der Waals surface area contributed by atoms with Gasteiger partial charge in [0.05, 0.1) is 5.25 Å². The van der Waals surface area contributed by atoms with Gasteiger partial charge in [0, 0.05) is 26.9 Å². The maximum atomic E-state index is 13.6. The Hall–Kier alpha value is -5.31. The molecule has 0 saturated carbocycles. The quantitative estimate of drug-likeness (QED) is 0.0908. The smallest absolute Gasteiger partial charge is 0.272 e. The molecule has 0 radical (unpaired) electrons. The number of amides is 3.